The Kier molecular flexibility index (Phi) is 8.42. The van der Waals surface area contributed by atoms with Gasteiger partial charge in [-0.3, -0.25) is 4.90 Å². The van der Waals surface area contributed by atoms with Gasteiger partial charge in [-0.15, -0.1) is 0 Å². The average molecular weight is 499 g/mol. The molecule has 6 heteroatoms. The third-order valence-electron chi connectivity index (χ3n) is 7.87. The van der Waals surface area contributed by atoms with Crippen LogP contribution in [0.4, 0.5) is 11.5 Å². The number of benzene rings is 2. The predicted octanol–water partition coefficient (Wildman–Crippen LogP) is 6.71. The summed E-state index contributed by atoms with van der Waals surface area (Å²) in [6.45, 7) is 0.882. The lowest BCUT2D eigenvalue weighted by Crippen LogP contribution is -2.45. The molecule has 0 aliphatic heterocycles. The van der Waals surface area contributed by atoms with Gasteiger partial charge < -0.3 is 14.8 Å². The zero-order valence-electron chi connectivity index (χ0n) is 22.1. The van der Waals surface area contributed by atoms with Crippen molar-refractivity contribution in [2.45, 2.75) is 76.3 Å². The lowest BCUT2D eigenvalue weighted by Gasteiger charge is -2.40. The van der Waals surface area contributed by atoms with Gasteiger partial charge in [-0.2, -0.15) is 0 Å². The second-order valence-corrected chi connectivity index (χ2v) is 10.2. The number of nitrogens with zero attached hydrogens (tertiary/aromatic N) is 3. The zero-order chi connectivity index (χ0) is 25.5. The van der Waals surface area contributed by atoms with Gasteiger partial charge in [-0.1, -0.05) is 50.4 Å². The van der Waals surface area contributed by atoms with Gasteiger partial charge in [0, 0.05) is 34.8 Å². The zero-order valence-corrected chi connectivity index (χ0v) is 22.1. The molecule has 2 aromatic carbocycles. The van der Waals surface area contributed by atoms with Crippen LogP contribution >= 0.6 is 0 Å². The molecule has 194 valence electrons. The topological polar surface area (TPSA) is 59.5 Å². The van der Waals surface area contributed by atoms with E-state index in [-0.39, 0.29) is 0 Å². The molecule has 2 aliphatic carbocycles. The number of anilines is 2. The van der Waals surface area contributed by atoms with Crippen molar-refractivity contribution in [1.29, 1.82) is 0 Å². The summed E-state index contributed by atoms with van der Waals surface area (Å²) in [6.07, 6.45) is 15.2. The van der Waals surface area contributed by atoms with Crippen LogP contribution in [0.1, 0.15) is 69.8 Å². The monoisotopic (exact) mass is 498 g/mol. The normalized spacial score (nSPS) is 16.8. The van der Waals surface area contributed by atoms with Crippen LogP contribution in [0.15, 0.2) is 42.7 Å². The Morgan fingerprint density at radius 1 is 0.838 bits per heavy atom. The average Bonchev–Trinajstić information content (AvgIpc) is 2.96. The molecular weight excluding hydrogens is 460 g/mol. The minimum atomic E-state index is 0.646. The van der Waals surface area contributed by atoms with E-state index in [1.54, 1.807) is 20.5 Å². The Bertz CT molecular complexity index is 1220. The Hall–Kier alpha value is -3.30. The minimum Gasteiger partial charge on any atom is -0.493 e. The number of aromatic nitrogens is 2. The van der Waals surface area contributed by atoms with Crippen LogP contribution in [-0.2, 0) is 0 Å². The maximum atomic E-state index is 5.47. The number of nitrogens with one attached hydrogen (secondary N) is 1. The third-order valence-corrected chi connectivity index (χ3v) is 7.87. The Labute approximate surface area is 220 Å². The van der Waals surface area contributed by atoms with E-state index in [0.29, 0.717) is 11.5 Å². The number of hydrogen-bond donors (Lipinski definition) is 1. The number of rotatable bonds is 7. The maximum absolute atomic E-state index is 5.47. The van der Waals surface area contributed by atoms with Crippen LogP contribution in [0.2, 0.25) is 0 Å². The molecule has 0 bridgehead atoms. The number of hydrogen-bond acceptors (Lipinski definition) is 6. The Morgan fingerprint density at radius 3 is 2.08 bits per heavy atom. The van der Waals surface area contributed by atoms with E-state index in [1.165, 1.54) is 64.2 Å². The molecule has 37 heavy (non-hydrogen) atoms. The van der Waals surface area contributed by atoms with Crippen molar-refractivity contribution in [2.24, 2.45) is 0 Å². The van der Waals surface area contributed by atoms with Crippen LogP contribution in [0.5, 0.6) is 11.5 Å². The molecule has 6 nitrogen and oxygen atoms in total. The smallest absolute Gasteiger partial charge is 0.162 e. The van der Waals surface area contributed by atoms with Gasteiger partial charge in [0.25, 0.3) is 0 Å². The minimum absolute atomic E-state index is 0.646. The van der Waals surface area contributed by atoms with E-state index in [2.05, 4.69) is 56.3 Å². The first kappa shape index (κ1) is 25.4. The van der Waals surface area contributed by atoms with E-state index in [4.69, 9.17) is 9.47 Å². The summed E-state index contributed by atoms with van der Waals surface area (Å²) in [4.78, 5) is 11.6. The van der Waals surface area contributed by atoms with Crippen molar-refractivity contribution in [3.05, 3.63) is 48.3 Å². The highest BCUT2D eigenvalue weighted by atomic mass is 16.5. The summed E-state index contributed by atoms with van der Waals surface area (Å²) in [6, 6.07) is 13.5. The van der Waals surface area contributed by atoms with Gasteiger partial charge in [0.15, 0.2) is 11.5 Å². The van der Waals surface area contributed by atoms with Gasteiger partial charge >= 0.3 is 0 Å². The SMILES string of the molecule is COc1cc2ncnc(Nc3ccc(C#CCN(C4CCCCC4)C4CCCCC4)cc3)c2cc1OC. The van der Waals surface area contributed by atoms with Crippen LogP contribution in [-0.4, -0.2) is 47.7 Å². The number of fused-ring (bicyclic) bond motifs is 1. The first-order valence-corrected chi connectivity index (χ1v) is 13.7. The standard InChI is InChI=1S/C31H38N4O2/c1-36-29-20-27-28(21-30(29)37-2)32-22-33-31(27)34-24-17-15-23(16-18-24)10-9-19-35(25-11-5-3-6-12-25)26-13-7-4-8-14-26/h15-18,20-22,25-26H,3-8,11-14,19H2,1-2H3,(H,32,33,34). The third kappa shape index (κ3) is 6.17. The molecule has 2 fully saturated rings. The lowest BCUT2D eigenvalue weighted by atomic mass is 9.88. The lowest BCUT2D eigenvalue weighted by molar-refractivity contribution is 0.0961. The summed E-state index contributed by atoms with van der Waals surface area (Å²) < 4.78 is 10.9. The summed E-state index contributed by atoms with van der Waals surface area (Å²) in [5.74, 6) is 8.96. The molecular formula is C31H38N4O2. The fourth-order valence-corrected chi connectivity index (χ4v) is 5.87. The van der Waals surface area contributed by atoms with Gasteiger partial charge in [0.05, 0.1) is 26.3 Å². The number of methoxy groups -OCH3 is 2. The largest absolute Gasteiger partial charge is 0.493 e. The predicted molar refractivity (Wildman–Crippen MR) is 150 cm³/mol. The molecule has 0 spiro atoms. The molecule has 1 aromatic heterocycles. The van der Waals surface area contributed by atoms with Crippen molar-refractivity contribution in [1.82, 2.24) is 14.9 Å². The summed E-state index contributed by atoms with van der Waals surface area (Å²) >= 11 is 0. The van der Waals surface area contributed by atoms with E-state index < -0.39 is 0 Å². The maximum Gasteiger partial charge on any atom is 0.162 e. The summed E-state index contributed by atoms with van der Waals surface area (Å²) in [5, 5.41) is 4.29. The molecule has 3 aromatic rings. The van der Waals surface area contributed by atoms with Gasteiger partial charge in [0.2, 0.25) is 0 Å². The van der Waals surface area contributed by atoms with Crippen molar-refractivity contribution in [3.8, 4) is 23.3 Å². The summed E-state index contributed by atoms with van der Waals surface area (Å²) in [5.41, 5.74) is 2.78. The fraction of sp³-hybridized carbons (Fsp3) is 0.484. The highest BCUT2D eigenvalue weighted by Crippen LogP contribution is 2.34. The molecule has 0 radical (unpaired) electrons. The highest BCUT2D eigenvalue weighted by Gasteiger charge is 2.28. The van der Waals surface area contributed by atoms with Crippen molar-refractivity contribution >= 4 is 22.4 Å². The van der Waals surface area contributed by atoms with Crippen molar-refractivity contribution in [3.63, 3.8) is 0 Å². The van der Waals surface area contributed by atoms with Crippen molar-refractivity contribution < 1.29 is 9.47 Å². The van der Waals surface area contributed by atoms with E-state index in [0.717, 1.165) is 46.6 Å². The van der Waals surface area contributed by atoms with E-state index in [9.17, 15) is 0 Å². The van der Waals surface area contributed by atoms with Crippen LogP contribution < -0.4 is 14.8 Å². The van der Waals surface area contributed by atoms with Gasteiger partial charge in [-0.25, -0.2) is 9.97 Å². The first-order valence-electron chi connectivity index (χ1n) is 13.7. The van der Waals surface area contributed by atoms with E-state index in [1.807, 2.05) is 12.1 Å². The molecule has 0 atom stereocenters. The quantitative estimate of drug-likeness (QED) is 0.365. The fourth-order valence-electron chi connectivity index (χ4n) is 5.87. The first-order chi connectivity index (χ1) is 18.2. The molecule has 1 heterocycles. The number of ether oxygens (including phenoxy) is 2. The van der Waals surface area contributed by atoms with Crippen LogP contribution in [0, 0.1) is 11.8 Å². The second kappa shape index (κ2) is 12.3. The molecule has 1 N–H and O–H groups in total. The highest BCUT2D eigenvalue weighted by molar-refractivity contribution is 5.93. The Balaban J connectivity index is 1.28. The molecule has 2 saturated carbocycles. The molecule has 0 saturated heterocycles. The Morgan fingerprint density at radius 2 is 1.46 bits per heavy atom. The second-order valence-electron chi connectivity index (χ2n) is 10.2. The summed E-state index contributed by atoms with van der Waals surface area (Å²) in [7, 11) is 3.25. The molecule has 5 rings (SSSR count). The van der Waals surface area contributed by atoms with Crippen LogP contribution in [0.25, 0.3) is 10.9 Å². The molecule has 0 amide bonds. The van der Waals surface area contributed by atoms with Crippen LogP contribution in [0.3, 0.4) is 0 Å². The van der Waals surface area contributed by atoms with Gasteiger partial charge in [0.1, 0.15) is 12.1 Å². The van der Waals surface area contributed by atoms with E-state index >= 15 is 0 Å². The van der Waals surface area contributed by atoms with Gasteiger partial charge in [-0.05, 0) is 56.0 Å². The molecule has 2 aliphatic rings. The van der Waals surface area contributed by atoms with Crippen molar-refractivity contribution in [2.75, 3.05) is 26.1 Å². The molecule has 0 unspecified atom stereocenters.